The Labute approximate surface area is 170 Å². The number of fused-ring (bicyclic) bond motifs is 1. The first-order valence-corrected chi connectivity index (χ1v) is 9.75. The highest BCUT2D eigenvalue weighted by Crippen LogP contribution is 2.33. The van der Waals surface area contributed by atoms with Gasteiger partial charge in [0.1, 0.15) is 11.7 Å². The van der Waals surface area contributed by atoms with Gasteiger partial charge in [0, 0.05) is 22.8 Å². The molecular formula is C20H16ClFN4OS. The van der Waals surface area contributed by atoms with Gasteiger partial charge in [-0.2, -0.15) is 4.99 Å². The molecule has 5 nitrogen and oxygen atoms in total. The molecule has 0 fully saturated rings. The lowest BCUT2D eigenvalue weighted by Gasteiger charge is -2.25. The average Bonchev–Trinajstić information content (AvgIpc) is 3.14. The number of aromatic nitrogens is 1. The number of aryl methyl sites for hydroxylation is 1. The van der Waals surface area contributed by atoms with Crippen molar-refractivity contribution in [3.63, 3.8) is 0 Å². The van der Waals surface area contributed by atoms with E-state index in [9.17, 15) is 9.18 Å². The summed E-state index contributed by atoms with van der Waals surface area (Å²) >= 11 is 7.27. The van der Waals surface area contributed by atoms with E-state index in [1.807, 2.05) is 36.8 Å². The number of rotatable bonds is 2. The van der Waals surface area contributed by atoms with Crippen LogP contribution in [0.4, 0.5) is 4.39 Å². The Morgan fingerprint density at radius 2 is 2.00 bits per heavy atom. The fourth-order valence-corrected chi connectivity index (χ4v) is 4.38. The van der Waals surface area contributed by atoms with Gasteiger partial charge in [-0.3, -0.25) is 15.1 Å². The van der Waals surface area contributed by atoms with Crippen LogP contribution in [-0.4, -0.2) is 26.4 Å². The first-order chi connectivity index (χ1) is 13.3. The first kappa shape index (κ1) is 18.7. The van der Waals surface area contributed by atoms with E-state index in [2.05, 4.69) is 4.99 Å². The SMILES string of the molecule is CC1=CSC2=NC(=O)/C(=C/c3cc(C)n(-c4ccc(F)c(Cl)c4)c3C)C(=N)N12. The van der Waals surface area contributed by atoms with Gasteiger partial charge < -0.3 is 4.57 Å². The van der Waals surface area contributed by atoms with Crippen molar-refractivity contribution in [2.75, 3.05) is 0 Å². The summed E-state index contributed by atoms with van der Waals surface area (Å²) in [5.74, 6) is -0.790. The van der Waals surface area contributed by atoms with Gasteiger partial charge in [-0.25, -0.2) is 4.39 Å². The van der Waals surface area contributed by atoms with Crippen molar-refractivity contribution in [3.8, 4) is 5.69 Å². The number of hydrogen-bond acceptors (Lipinski definition) is 3. The van der Waals surface area contributed by atoms with Gasteiger partial charge in [0.15, 0.2) is 5.17 Å². The molecule has 2 aliphatic rings. The van der Waals surface area contributed by atoms with E-state index >= 15 is 0 Å². The highest BCUT2D eigenvalue weighted by Gasteiger charge is 2.34. The van der Waals surface area contributed by atoms with Gasteiger partial charge >= 0.3 is 0 Å². The number of hydrogen-bond donors (Lipinski definition) is 1. The predicted octanol–water partition coefficient (Wildman–Crippen LogP) is 5.05. The van der Waals surface area contributed by atoms with E-state index in [1.54, 1.807) is 23.1 Å². The number of halogens is 2. The molecule has 0 bridgehead atoms. The molecule has 1 aromatic carbocycles. The first-order valence-electron chi connectivity index (χ1n) is 8.49. The van der Waals surface area contributed by atoms with E-state index in [0.29, 0.717) is 5.17 Å². The summed E-state index contributed by atoms with van der Waals surface area (Å²) in [4.78, 5) is 18.3. The molecule has 2 aromatic rings. The number of benzene rings is 1. The van der Waals surface area contributed by atoms with Crippen molar-refractivity contribution in [2.45, 2.75) is 20.8 Å². The van der Waals surface area contributed by atoms with E-state index in [4.69, 9.17) is 17.0 Å². The number of nitrogens with one attached hydrogen (secondary N) is 1. The number of allylic oxidation sites excluding steroid dienone is 1. The van der Waals surface area contributed by atoms with Gasteiger partial charge in [0.25, 0.3) is 5.91 Å². The second-order valence-corrected chi connectivity index (χ2v) is 7.82. The zero-order chi connectivity index (χ0) is 20.2. The van der Waals surface area contributed by atoms with Gasteiger partial charge in [0.05, 0.1) is 10.6 Å². The monoisotopic (exact) mass is 414 g/mol. The third-order valence-corrected chi connectivity index (χ3v) is 5.95. The third-order valence-electron chi connectivity index (χ3n) is 4.72. The summed E-state index contributed by atoms with van der Waals surface area (Å²) in [5.41, 5.74) is 4.36. The molecule has 0 atom stereocenters. The lowest BCUT2D eigenvalue weighted by atomic mass is 10.1. The summed E-state index contributed by atoms with van der Waals surface area (Å²) < 4.78 is 15.5. The molecule has 0 spiro atoms. The highest BCUT2D eigenvalue weighted by molar-refractivity contribution is 8.16. The highest BCUT2D eigenvalue weighted by atomic mass is 35.5. The number of nitrogens with zero attached hydrogens (tertiary/aromatic N) is 3. The van der Waals surface area contributed by atoms with Crippen LogP contribution in [0.25, 0.3) is 11.8 Å². The number of thioether (sulfide) groups is 1. The number of carbonyl (C=O) groups excluding carboxylic acids is 1. The average molecular weight is 415 g/mol. The third kappa shape index (κ3) is 2.91. The van der Waals surface area contributed by atoms with Crippen molar-refractivity contribution in [2.24, 2.45) is 4.99 Å². The maximum absolute atomic E-state index is 13.5. The number of amidine groups is 2. The minimum absolute atomic E-state index is 0.0461. The molecule has 0 aliphatic carbocycles. The van der Waals surface area contributed by atoms with Crippen LogP contribution in [0.2, 0.25) is 5.02 Å². The lowest BCUT2D eigenvalue weighted by molar-refractivity contribution is -0.114. The van der Waals surface area contributed by atoms with Crippen LogP contribution < -0.4 is 0 Å². The standard InChI is InChI=1S/C20H16ClFN4OS/c1-10-6-13(12(3)25(10)14-4-5-17(22)16(21)8-14)7-15-18(23)26-11(2)9-28-20(26)24-19(15)27/h4-9,23H,1-3H3/b15-7+,23-18?. The van der Waals surface area contributed by atoms with Crippen molar-refractivity contribution < 1.29 is 9.18 Å². The van der Waals surface area contributed by atoms with Crippen LogP contribution in [0.1, 0.15) is 23.9 Å². The van der Waals surface area contributed by atoms with Crippen molar-refractivity contribution in [1.29, 1.82) is 5.41 Å². The molecule has 3 heterocycles. The maximum Gasteiger partial charge on any atom is 0.283 e. The number of aliphatic imine (C=N–C) groups is 1. The van der Waals surface area contributed by atoms with E-state index in [1.165, 1.54) is 17.8 Å². The Bertz CT molecular complexity index is 1150. The maximum atomic E-state index is 13.5. The molecule has 1 aromatic heterocycles. The molecule has 2 aliphatic heterocycles. The van der Waals surface area contributed by atoms with Gasteiger partial charge in [-0.05, 0) is 62.1 Å². The fourth-order valence-electron chi connectivity index (χ4n) is 3.35. The molecule has 28 heavy (non-hydrogen) atoms. The van der Waals surface area contributed by atoms with Crippen LogP contribution in [-0.2, 0) is 4.79 Å². The van der Waals surface area contributed by atoms with Crippen LogP contribution in [0, 0.1) is 25.1 Å². The molecule has 4 rings (SSSR count). The van der Waals surface area contributed by atoms with Crippen LogP contribution in [0.5, 0.6) is 0 Å². The molecule has 1 N–H and O–H groups in total. The Balaban J connectivity index is 1.79. The second-order valence-electron chi connectivity index (χ2n) is 6.58. The minimum Gasteiger partial charge on any atom is -0.318 e. The summed E-state index contributed by atoms with van der Waals surface area (Å²) in [6.07, 6.45) is 1.69. The molecule has 0 radical (unpaired) electrons. The van der Waals surface area contributed by atoms with Crippen LogP contribution >= 0.6 is 23.4 Å². The normalized spacial score (nSPS) is 17.9. The Hall–Kier alpha value is -2.64. The quantitative estimate of drug-likeness (QED) is 0.699. The summed E-state index contributed by atoms with van der Waals surface area (Å²) in [6, 6.07) is 6.46. The van der Waals surface area contributed by atoms with Gasteiger partial charge in [-0.15, -0.1) is 0 Å². The predicted molar refractivity (Wildman–Crippen MR) is 112 cm³/mol. The van der Waals surface area contributed by atoms with E-state index < -0.39 is 11.7 Å². The van der Waals surface area contributed by atoms with E-state index in [-0.39, 0.29) is 16.4 Å². The molecule has 8 heteroatoms. The molecular weight excluding hydrogens is 399 g/mol. The molecule has 0 unspecified atom stereocenters. The summed E-state index contributed by atoms with van der Waals surface area (Å²) in [6.45, 7) is 5.70. The van der Waals surface area contributed by atoms with Gasteiger partial charge in [0.2, 0.25) is 0 Å². The molecule has 142 valence electrons. The summed E-state index contributed by atoms with van der Waals surface area (Å²) in [5, 5.41) is 10.9. The lowest BCUT2D eigenvalue weighted by Crippen LogP contribution is -2.37. The van der Waals surface area contributed by atoms with Crippen LogP contribution in [0.3, 0.4) is 0 Å². The topological polar surface area (TPSA) is 61.5 Å². The zero-order valence-electron chi connectivity index (χ0n) is 15.4. The van der Waals surface area contributed by atoms with E-state index in [0.717, 1.165) is 28.3 Å². The fraction of sp³-hybridized carbons (Fsp3) is 0.150. The smallest absolute Gasteiger partial charge is 0.283 e. The minimum atomic E-state index is -0.475. The van der Waals surface area contributed by atoms with Crippen LogP contribution in [0.15, 0.2) is 45.9 Å². The number of carbonyl (C=O) groups is 1. The Kier molecular flexibility index (Phi) is 4.51. The number of amides is 1. The molecule has 1 amide bonds. The van der Waals surface area contributed by atoms with Gasteiger partial charge in [-0.1, -0.05) is 23.4 Å². The van der Waals surface area contributed by atoms with Crippen molar-refractivity contribution in [1.82, 2.24) is 9.47 Å². The second kappa shape index (κ2) is 6.76. The molecule has 0 saturated heterocycles. The Morgan fingerprint density at radius 3 is 2.71 bits per heavy atom. The Morgan fingerprint density at radius 1 is 1.25 bits per heavy atom. The largest absolute Gasteiger partial charge is 0.318 e. The molecule has 0 saturated carbocycles. The van der Waals surface area contributed by atoms with Crippen molar-refractivity contribution in [3.05, 3.63) is 68.7 Å². The summed E-state index contributed by atoms with van der Waals surface area (Å²) in [7, 11) is 0. The zero-order valence-corrected chi connectivity index (χ0v) is 17.0. The van der Waals surface area contributed by atoms with Crippen molar-refractivity contribution >= 4 is 46.3 Å².